The molecule has 20 heavy (non-hydrogen) atoms. The second-order valence-electron chi connectivity index (χ2n) is 5.07. The summed E-state index contributed by atoms with van der Waals surface area (Å²) in [7, 11) is 1.60. The first kappa shape index (κ1) is 16.6. The highest BCUT2D eigenvalue weighted by Gasteiger charge is 2.26. The Kier molecular flexibility index (Phi) is 5.64. The van der Waals surface area contributed by atoms with Gasteiger partial charge >= 0.3 is 0 Å². The van der Waals surface area contributed by atoms with Crippen LogP contribution >= 0.6 is 15.9 Å². The Labute approximate surface area is 126 Å². The van der Waals surface area contributed by atoms with Crippen LogP contribution in [0.4, 0.5) is 5.69 Å². The van der Waals surface area contributed by atoms with Crippen molar-refractivity contribution >= 4 is 27.5 Å². The highest BCUT2D eigenvalue weighted by Crippen LogP contribution is 2.28. The largest absolute Gasteiger partial charge is 0.359 e. The minimum Gasteiger partial charge on any atom is -0.359 e. The number of nitro groups is 1. The Bertz CT molecular complexity index is 518. The average Bonchev–Trinajstić information content (AvgIpc) is 2.39. The van der Waals surface area contributed by atoms with Crippen molar-refractivity contribution in [1.82, 2.24) is 10.6 Å². The van der Waals surface area contributed by atoms with Crippen molar-refractivity contribution in [3.8, 4) is 0 Å². The molecule has 0 atom stereocenters. The predicted octanol–water partition coefficient (Wildman–Crippen LogP) is 2.22. The Morgan fingerprint density at radius 3 is 2.65 bits per heavy atom. The lowest BCUT2D eigenvalue weighted by Crippen LogP contribution is -2.41. The number of rotatable bonds is 6. The Morgan fingerprint density at radius 1 is 1.45 bits per heavy atom. The first-order valence-corrected chi connectivity index (χ1v) is 6.93. The van der Waals surface area contributed by atoms with Crippen LogP contribution in [0.25, 0.3) is 0 Å². The van der Waals surface area contributed by atoms with Crippen LogP contribution in [0.15, 0.2) is 22.7 Å². The zero-order valence-corrected chi connectivity index (χ0v) is 13.3. The van der Waals surface area contributed by atoms with Crippen molar-refractivity contribution in [3.05, 3.63) is 38.3 Å². The molecule has 2 N–H and O–H groups in total. The Hall–Kier alpha value is -1.47. The van der Waals surface area contributed by atoms with Gasteiger partial charge in [0.05, 0.1) is 14.8 Å². The SMILES string of the molecule is CNC(=O)C(C)(C)CNCc1cccc([N+](=O)[O-])c1Br. The van der Waals surface area contributed by atoms with Crippen molar-refractivity contribution in [3.63, 3.8) is 0 Å². The number of nitrogens with one attached hydrogen (secondary N) is 2. The molecule has 110 valence electrons. The summed E-state index contributed by atoms with van der Waals surface area (Å²) in [6.45, 7) is 4.59. The third-order valence-electron chi connectivity index (χ3n) is 2.98. The molecular weight excluding hydrogens is 326 g/mol. The van der Waals surface area contributed by atoms with Crippen LogP contribution in [0.1, 0.15) is 19.4 Å². The minimum absolute atomic E-state index is 0.0369. The highest BCUT2D eigenvalue weighted by molar-refractivity contribution is 9.10. The van der Waals surface area contributed by atoms with Gasteiger partial charge in [-0.1, -0.05) is 12.1 Å². The van der Waals surface area contributed by atoms with Crippen LogP contribution in [0.5, 0.6) is 0 Å². The molecule has 0 aromatic heterocycles. The lowest BCUT2D eigenvalue weighted by Gasteiger charge is -2.23. The van der Waals surface area contributed by atoms with Gasteiger partial charge in [0.25, 0.3) is 5.69 Å². The molecule has 1 amide bonds. The van der Waals surface area contributed by atoms with Gasteiger partial charge in [0.15, 0.2) is 0 Å². The second kappa shape index (κ2) is 6.81. The maximum Gasteiger partial charge on any atom is 0.283 e. The molecule has 1 aromatic rings. The molecule has 0 aliphatic rings. The molecular formula is C13H18BrN3O3. The molecule has 0 saturated heterocycles. The van der Waals surface area contributed by atoms with Gasteiger partial charge in [-0.2, -0.15) is 0 Å². The molecule has 6 nitrogen and oxygen atoms in total. The fraction of sp³-hybridized carbons (Fsp3) is 0.462. The summed E-state index contributed by atoms with van der Waals surface area (Å²) in [5.74, 6) is -0.0527. The minimum atomic E-state index is -0.540. The summed E-state index contributed by atoms with van der Waals surface area (Å²) in [6, 6.07) is 4.89. The molecule has 1 aromatic carbocycles. The molecule has 0 fully saturated rings. The third-order valence-corrected chi connectivity index (χ3v) is 3.89. The van der Waals surface area contributed by atoms with Gasteiger partial charge < -0.3 is 10.6 Å². The molecule has 0 unspecified atom stereocenters. The van der Waals surface area contributed by atoms with Gasteiger partial charge in [-0.25, -0.2) is 0 Å². The fourth-order valence-corrected chi connectivity index (χ4v) is 2.32. The van der Waals surface area contributed by atoms with E-state index in [2.05, 4.69) is 26.6 Å². The van der Waals surface area contributed by atoms with Crippen LogP contribution in [0.2, 0.25) is 0 Å². The number of amides is 1. The first-order chi connectivity index (χ1) is 9.29. The summed E-state index contributed by atoms with van der Waals surface area (Å²) in [5, 5.41) is 16.6. The van der Waals surface area contributed by atoms with Crippen molar-refractivity contribution in [2.75, 3.05) is 13.6 Å². The third kappa shape index (κ3) is 4.01. The van der Waals surface area contributed by atoms with E-state index in [1.54, 1.807) is 19.2 Å². The second-order valence-corrected chi connectivity index (χ2v) is 5.87. The number of nitro benzene ring substituents is 1. The van der Waals surface area contributed by atoms with Gasteiger partial charge in [-0.3, -0.25) is 14.9 Å². The van der Waals surface area contributed by atoms with Crippen molar-refractivity contribution in [2.45, 2.75) is 20.4 Å². The predicted molar refractivity (Wildman–Crippen MR) is 80.4 cm³/mol. The number of carbonyl (C=O) groups is 1. The van der Waals surface area contributed by atoms with Crippen molar-refractivity contribution < 1.29 is 9.72 Å². The van der Waals surface area contributed by atoms with Crippen LogP contribution < -0.4 is 10.6 Å². The summed E-state index contributed by atoms with van der Waals surface area (Å²) in [6.07, 6.45) is 0. The molecule has 0 aliphatic heterocycles. The lowest BCUT2D eigenvalue weighted by atomic mass is 9.92. The fourth-order valence-electron chi connectivity index (χ4n) is 1.77. The molecule has 0 radical (unpaired) electrons. The molecule has 0 spiro atoms. The van der Waals surface area contributed by atoms with Gasteiger partial charge in [0, 0.05) is 26.2 Å². The highest BCUT2D eigenvalue weighted by atomic mass is 79.9. The lowest BCUT2D eigenvalue weighted by molar-refractivity contribution is -0.385. The van der Waals surface area contributed by atoms with E-state index in [1.165, 1.54) is 6.07 Å². The normalized spacial score (nSPS) is 11.2. The summed E-state index contributed by atoms with van der Waals surface area (Å²) < 4.78 is 0.468. The molecule has 0 bridgehead atoms. The van der Waals surface area contributed by atoms with E-state index in [1.807, 2.05) is 13.8 Å². The zero-order chi connectivity index (χ0) is 15.3. The number of nitrogens with zero attached hydrogens (tertiary/aromatic N) is 1. The smallest absolute Gasteiger partial charge is 0.283 e. The van der Waals surface area contributed by atoms with Crippen LogP contribution in [0, 0.1) is 15.5 Å². The summed E-state index contributed by atoms with van der Waals surface area (Å²) in [4.78, 5) is 22.0. The van der Waals surface area contributed by atoms with Crippen LogP contribution in [-0.4, -0.2) is 24.4 Å². The van der Waals surface area contributed by atoms with Gasteiger partial charge in [-0.15, -0.1) is 0 Å². The summed E-state index contributed by atoms with van der Waals surface area (Å²) >= 11 is 3.24. The van der Waals surface area contributed by atoms with Crippen LogP contribution in [-0.2, 0) is 11.3 Å². The average molecular weight is 344 g/mol. The number of hydrogen-bond donors (Lipinski definition) is 2. The molecule has 1 rings (SSSR count). The Balaban J connectivity index is 2.70. The zero-order valence-electron chi connectivity index (χ0n) is 11.7. The topological polar surface area (TPSA) is 84.3 Å². The van der Waals surface area contributed by atoms with E-state index < -0.39 is 10.3 Å². The Morgan fingerprint density at radius 2 is 2.10 bits per heavy atom. The maximum absolute atomic E-state index is 11.6. The standard InChI is InChI=1S/C13H18BrN3O3/c1-13(2,12(18)15-3)8-16-7-9-5-4-6-10(11(9)14)17(19)20/h4-6,16H,7-8H2,1-3H3,(H,15,18). The van der Waals surface area contributed by atoms with E-state index in [4.69, 9.17) is 0 Å². The van der Waals surface area contributed by atoms with Gasteiger partial charge in [-0.05, 0) is 35.3 Å². The van der Waals surface area contributed by atoms with Crippen molar-refractivity contribution in [2.24, 2.45) is 5.41 Å². The molecule has 0 aliphatic carbocycles. The number of carbonyl (C=O) groups excluding carboxylic acids is 1. The van der Waals surface area contributed by atoms with Gasteiger partial charge in [0.1, 0.15) is 0 Å². The number of hydrogen-bond acceptors (Lipinski definition) is 4. The number of benzene rings is 1. The van der Waals surface area contributed by atoms with Gasteiger partial charge in [0.2, 0.25) is 5.91 Å². The molecule has 7 heteroatoms. The summed E-state index contributed by atoms with van der Waals surface area (Å²) in [5.41, 5.74) is 0.281. The number of halogens is 1. The van der Waals surface area contributed by atoms with E-state index in [9.17, 15) is 14.9 Å². The maximum atomic E-state index is 11.6. The van der Waals surface area contributed by atoms with Crippen LogP contribution in [0.3, 0.4) is 0 Å². The van der Waals surface area contributed by atoms with E-state index in [0.29, 0.717) is 17.6 Å². The quantitative estimate of drug-likeness (QED) is 0.612. The monoisotopic (exact) mass is 343 g/mol. The van der Waals surface area contributed by atoms with E-state index in [0.717, 1.165) is 5.56 Å². The van der Waals surface area contributed by atoms with E-state index >= 15 is 0 Å². The molecule has 0 heterocycles. The van der Waals surface area contributed by atoms with Crippen molar-refractivity contribution in [1.29, 1.82) is 0 Å². The molecule has 0 saturated carbocycles. The van der Waals surface area contributed by atoms with E-state index in [-0.39, 0.29) is 11.6 Å². The first-order valence-electron chi connectivity index (χ1n) is 6.14.